The van der Waals surface area contributed by atoms with Crippen LogP contribution < -0.4 is 0 Å². The van der Waals surface area contributed by atoms with E-state index < -0.39 is 8.07 Å². The van der Waals surface area contributed by atoms with Crippen LogP contribution in [-0.4, -0.2) is 20.1 Å². The molecule has 0 aromatic carbocycles. The molecule has 2 atom stereocenters. The minimum Gasteiger partial charge on any atom is -0.462 e. The molecular weight excluding hydrogens is 192 g/mol. The number of carbonyl (C=O) groups excluding carboxylic acids is 1. The van der Waals surface area contributed by atoms with Gasteiger partial charge in [-0.1, -0.05) is 33.0 Å². The van der Waals surface area contributed by atoms with E-state index in [0.29, 0.717) is 0 Å². The molecule has 1 aliphatic heterocycles. The van der Waals surface area contributed by atoms with Gasteiger partial charge in [0.25, 0.3) is 0 Å². The van der Waals surface area contributed by atoms with Crippen molar-refractivity contribution in [2.75, 3.05) is 0 Å². The van der Waals surface area contributed by atoms with Crippen molar-refractivity contribution >= 4 is 14.0 Å². The zero-order valence-electron chi connectivity index (χ0n) is 9.80. The van der Waals surface area contributed by atoms with Gasteiger partial charge in [0.1, 0.15) is 6.10 Å². The van der Waals surface area contributed by atoms with Crippen molar-refractivity contribution in [3.8, 4) is 0 Å². The number of cyclic esters (lactones) is 1. The molecule has 14 heavy (non-hydrogen) atoms. The molecule has 0 N–H and O–H groups in total. The lowest BCUT2D eigenvalue weighted by atomic mass is 10.0. The maximum atomic E-state index is 11.5. The zero-order chi connectivity index (χ0) is 10.8. The summed E-state index contributed by atoms with van der Waals surface area (Å²) >= 11 is 0. The first kappa shape index (κ1) is 11.8. The summed E-state index contributed by atoms with van der Waals surface area (Å²) in [6.07, 6.45) is 3.33. The molecule has 0 amide bonds. The van der Waals surface area contributed by atoms with Crippen LogP contribution in [0.5, 0.6) is 0 Å². The highest BCUT2D eigenvalue weighted by atomic mass is 28.3. The lowest BCUT2D eigenvalue weighted by molar-refractivity contribution is -0.144. The highest BCUT2D eigenvalue weighted by molar-refractivity contribution is 6.76. The second-order valence-electron chi connectivity index (χ2n) is 5.54. The second kappa shape index (κ2) is 4.47. The second-order valence-corrected chi connectivity index (χ2v) is 11.1. The van der Waals surface area contributed by atoms with E-state index in [-0.39, 0.29) is 18.0 Å². The molecule has 2 nitrogen and oxygen atoms in total. The summed E-state index contributed by atoms with van der Waals surface area (Å²) in [6.45, 7) is 9.08. The van der Waals surface area contributed by atoms with Gasteiger partial charge in [0.05, 0.1) is 5.92 Å². The average Bonchev–Trinajstić information content (AvgIpc) is 2.29. The first-order valence-corrected chi connectivity index (χ1v) is 9.33. The summed E-state index contributed by atoms with van der Waals surface area (Å²) in [5, 5.41) is 0. The Bertz CT molecular complexity index is 208. The van der Waals surface area contributed by atoms with Gasteiger partial charge in [0.15, 0.2) is 0 Å². The number of carbonyl (C=O) groups is 1. The maximum absolute atomic E-state index is 11.5. The van der Waals surface area contributed by atoms with E-state index in [1.54, 1.807) is 0 Å². The lowest BCUT2D eigenvalue weighted by Crippen LogP contribution is -2.25. The number of hydrogen-bond acceptors (Lipinski definition) is 2. The SMILES string of the molecule is CCC[C@H]1C[C@@H](C[Si](C)(C)C)C(=O)O1. The van der Waals surface area contributed by atoms with E-state index >= 15 is 0 Å². The Morgan fingerprint density at radius 1 is 1.43 bits per heavy atom. The fourth-order valence-electron chi connectivity index (χ4n) is 2.13. The first-order chi connectivity index (χ1) is 6.42. The van der Waals surface area contributed by atoms with Gasteiger partial charge in [0, 0.05) is 8.07 Å². The van der Waals surface area contributed by atoms with Crippen molar-refractivity contribution in [2.24, 2.45) is 5.92 Å². The summed E-state index contributed by atoms with van der Waals surface area (Å²) in [5.41, 5.74) is 0. The zero-order valence-corrected chi connectivity index (χ0v) is 10.8. The minimum absolute atomic E-state index is 0.0610. The van der Waals surface area contributed by atoms with Crippen LogP contribution in [-0.2, 0) is 9.53 Å². The summed E-state index contributed by atoms with van der Waals surface area (Å²) < 4.78 is 5.34. The Morgan fingerprint density at radius 3 is 2.57 bits per heavy atom. The molecule has 0 unspecified atom stereocenters. The number of rotatable bonds is 4. The summed E-state index contributed by atoms with van der Waals surface area (Å²) in [4.78, 5) is 11.5. The van der Waals surface area contributed by atoms with Crippen molar-refractivity contribution in [2.45, 2.75) is 58.0 Å². The van der Waals surface area contributed by atoms with E-state index in [9.17, 15) is 4.79 Å². The van der Waals surface area contributed by atoms with Crippen molar-refractivity contribution in [1.29, 1.82) is 0 Å². The Labute approximate surface area is 88.0 Å². The Balaban J connectivity index is 2.45. The molecule has 1 fully saturated rings. The molecule has 0 spiro atoms. The van der Waals surface area contributed by atoms with Crippen LogP contribution >= 0.6 is 0 Å². The summed E-state index contributed by atoms with van der Waals surface area (Å²) in [6, 6.07) is 1.09. The molecule has 1 heterocycles. The highest BCUT2D eigenvalue weighted by Crippen LogP contribution is 2.30. The fourth-order valence-corrected chi connectivity index (χ4v) is 3.94. The third-order valence-electron chi connectivity index (χ3n) is 2.63. The predicted octanol–water partition coefficient (Wildman–Crippen LogP) is 3.06. The average molecular weight is 214 g/mol. The molecule has 0 aromatic heterocycles. The molecule has 1 rings (SSSR count). The Hall–Kier alpha value is -0.313. The molecule has 1 aliphatic rings. The van der Waals surface area contributed by atoms with Crippen LogP contribution in [0.4, 0.5) is 0 Å². The molecule has 0 radical (unpaired) electrons. The minimum atomic E-state index is -1.12. The largest absolute Gasteiger partial charge is 0.462 e. The van der Waals surface area contributed by atoms with Crippen LogP contribution in [0.3, 0.4) is 0 Å². The van der Waals surface area contributed by atoms with Gasteiger partial charge in [-0.05, 0) is 18.9 Å². The van der Waals surface area contributed by atoms with E-state index in [0.717, 1.165) is 25.3 Å². The van der Waals surface area contributed by atoms with Crippen LogP contribution in [0.1, 0.15) is 26.2 Å². The van der Waals surface area contributed by atoms with Gasteiger partial charge >= 0.3 is 5.97 Å². The molecule has 82 valence electrons. The van der Waals surface area contributed by atoms with Gasteiger partial charge in [0.2, 0.25) is 0 Å². The topological polar surface area (TPSA) is 26.3 Å². The standard InChI is InChI=1S/C11H22O2Si/c1-5-6-10-7-9(11(12)13-10)8-14(2,3)4/h9-10H,5-8H2,1-4H3/t9-,10-/m0/s1. The van der Waals surface area contributed by atoms with Gasteiger partial charge in [-0.3, -0.25) is 4.79 Å². The quantitative estimate of drug-likeness (QED) is 0.531. The molecule has 1 saturated heterocycles. The molecular formula is C11H22O2Si. The van der Waals surface area contributed by atoms with E-state index in [2.05, 4.69) is 26.6 Å². The number of esters is 1. The normalized spacial score (nSPS) is 27.9. The maximum Gasteiger partial charge on any atom is 0.309 e. The first-order valence-electron chi connectivity index (χ1n) is 5.63. The molecule has 0 aromatic rings. The van der Waals surface area contributed by atoms with Crippen LogP contribution in [0.2, 0.25) is 25.7 Å². The number of hydrogen-bond donors (Lipinski definition) is 0. The number of ether oxygens (including phenoxy) is 1. The molecule has 0 saturated carbocycles. The molecule has 3 heteroatoms. The monoisotopic (exact) mass is 214 g/mol. The van der Waals surface area contributed by atoms with Gasteiger partial charge in [-0.2, -0.15) is 0 Å². The molecule has 0 aliphatic carbocycles. The Kier molecular flexibility index (Phi) is 3.76. The third kappa shape index (κ3) is 3.44. The van der Waals surface area contributed by atoms with E-state index in [4.69, 9.17) is 4.74 Å². The van der Waals surface area contributed by atoms with E-state index in [1.165, 1.54) is 0 Å². The van der Waals surface area contributed by atoms with Gasteiger partial charge in [-0.25, -0.2) is 0 Å². The van der Waals surface area contributed by atoms with Crippen molar-refractivity contribution < 1.29 is 9.53 Å². The third-order valence-corrected chi connectivity index (χ3v) is 4.35. The Morgan fingerprint density at radius 2 is 2.07 bits per heavy atom. The fraction of sp³-hybridized carbons (Fsp3) is 0.909. The summed E-state index contributed by atoms with van der Waals surface area (Å²) in [5.74, 6) is 0.268. The van der Waals surface area contributed by atoms with Crippen LogP contribution in [0, 0.1) is 5.92 Å². The van der Waals surface area contributed by atoms with Crippen molar-refractivity contribution in [3.63, 3.8) is 0 Å². The van der Waals surface area contributed by atoms with Gasteiger partial charge in [-0.15, -0.1) is 0 Å². The predicted molar refractivity (Wildman–Crippen MR) is 61.0 cm³/mol. The smallest absolute Gasteiger partial charge is 0.309 e. The summed E-state index contributed by atoms with van der Waals surface area (Å²) in [7, 11) is -1.12. The lowest BCUT2D eigenvalue weighted by Gasteiger charge is -2.18. The molecule has 0 bridgehead atoms. The van der Waals surface area contributed by atoms with Crippen LogP contribution in [0.25, 0.3) is 0 Å². The van der Waals surface area contributed by atoms with Crippen molar-refractivity contribution in [1.82, 2.24) is 0 Å². The van der Waals surface area contributed by atoms with Crippen molar-refractivity contribution in [3.05, 3.63) is 0 Å². The van der Waals surface area contributed by atoms with E-state index in [1.807, 2.05) is 0 Å². The van der Waals surface area contributed by atoms with Gasteiger partial charge < -0.3 is 4.74 Å². The highest BCUT2D eigenvalue weighted by Gasteiger charge is 2.36. The van der Waals surface area contributed by atoms with Crippen LogP contribution in [0.15, 0.2) is 0 Å².